The molecule has 0 heteroatoms. The Balaban J connectivity index is 1.93. The minimum atomic E-state index is 0.853. The third kappa shape index (κ3) is 0.877. The molecule has 3 aliphatic carbocycles. The molecule has 0 heterocycles. The normalized spacial score (nSPS) is 58.6. The average molecular weight is 178 g/mol. The van der Waals surface area contributed by atoms with Crippen LogP contribution in [-0.2, 0) is 0 Å². The first kappa shape index (κ1) is 8.32. The lowest BCUT2D eigenvalue weighted by molar-refractivity contribution is 0.152. The van der Waals surface area contributed by atoms with E-state index in [-0.39, 0.29) is 0 Å². The zero-order valence-corrected chi connectivity index (χ0v) is 9.05. The van der Waals surface area contributed by atoms with Crippen molar-refractivity contribution < 1.29 is 0 Å². The van der Waals surface area contributed by atoms with Crippen molar-refractivity contribution in [3.05, 3.63) is 0 Å². The SMILES string of the molecule is CCC1CC(C)C23CCC(CC12)C3. The van der Waals surface area contributed by atoms with Crippen LogP contribution in [0.15, 0.2) is 0 Å². The van der Waals surface area contributed by atoms with Gasteiger partial charge in [-0.15, -0.1) is 0 Å². The topological polar surface area (TPSA) is 0 Å². The maximum atomic E-state index is 2.54. The Hall–Kier alpha value is 0. The van der Waals surface area contributed by atoms with Crippen LogP contribution >= 0.6 is 0 Å². The standard InChI is InChI=1S/C13H22/c1-3-11-6-9(2)13-5-4-10(8-13)7-12(11)13/h9-12H,3-8H2,1-2H3. The summed E-state index contributed by atoms with van der Waals surface area (Å²) in [6.45, 7) is 4.94. The van der Waals surface area contributed by atoms with Gasteiger partial charge in [0, 0.05) is 0 Å². The van der Waals surface area contributed by atoms with Gasteiger partial charge in [0.1, 0.15) is 0 Å². The number of fused-ring (bicyclic) bond motifs is 1. The first-order valence-electron chi connectivity index (χ1n) is 6.26. The Labute approximate surface area is 82.1 Å². The molecule has 0 aromatic carbocycles. The van der Waals surface area contributed by atoms with Crippen LogP contribution in [0.25, 0.3) is 0 Å². The maximum absolute atomic E-state index is 2.54. The van der Waals surface area contributed by atoms with Crippen LogP contribution in [0.1, 0.15) is 52.4 Å². The molecule has 1 spiro atoms. The smallest absolute Gasteiger partial charge is 0.0238 e. The molecule has 2 bridgehead atoms. The van der Waals surface area contributed by atoms with Crippen LogP contribution in [0.5, 0.6) is 0 Å². The molecule has 0 aromatic rings. The van der Waals surface area contributed by atoms with Gasteiger partial charge in [-0.05, 0) is 61.2 Å². The van der Waals surface area contributed by atoms with Crippen molar-refractivity contribution in [1.29, 1.82) is 0 Å². The fourth-order valence-electron chi connectivity index (χ4n) is 5.13. The van der Waals surface area contributed by atoms with Gasteiger partial charge in [0.2, 0.25) is 0 Å². The highest BCUT2D eigenvalue weighted by atomic mass is 14.6. The van der Waals surface area contributed by atoms with Crippen LogP contribution in [-0.4, -0.2) is 0 Å². The van der Waals surface area contributed by atoms with Crippen molar-refractivity contribution in [3.8, 4) is 0 Å². The summed E-state index contributed by atoms with van der Waals surface area (Å²) in [7, 11) is 0. The second-order valence-corrected chi connectivity index (χ2v) is 5.99. The molecule has 0 aliphatic heterocycles. The van der Waals surface area contributed by atoms with E-state index in [0.29, 0.717) is 0 Å². The van der Waals surface area contributed by atoms with Crippen molar-refractivity contribution in [2.75, 3.05) is 0 Å². The van der Waals surface area contributed by atoms with Crippen LogP contribution in [0, 0.1) is 29.1 Å². The Bertz CT molecular complexity index is 220. The van der Waals surface area contributed by atoms with Crippen molar-refractivity contribution >= 4 is 0 Å². The predicted octanol–water partition coefficient (Wildman–Crippen LogP) is 3.86. The van der Waals surface area contributed by atoms with E-state index < -0.39 is 0 Å². The molecular formula is C13H22. The zero-order chi connectivity index (χ0) is 9.05. The second-order valence-electron chi connectivity index (χ2n) is 5.99. The van der Waals surface area contributed by atoms with Gasteiger partial charge in [-0.1, -0.05) is 20.3 Å². The molecule has 3 rings (SSSR count). The molecule has 0 aromatic heterocycles. The summed E-state index contributed by atoms with van der Waals surface area (Å²) in [5.41, 5.74) is 0.853. The zero-order valence-electron chi connectivity index (χ0n) is 9.05. The molecule has 0 saturated heterocycles. The lowest BCUT2D eigenvalue weighted by Crippen LogP contribution is -2.26. The molecular weight excluding hydrogens is 156 g/mol. The second kappa shape index (κ2) is 2.52. The quantitative estimate of drug-likeness (QED) is 0.572. The van der Waals surface area contributed by atoms with Crippen LogP contribution < -0.4 is 0 Å². The average Bonchev–Trinajstić information content (AvgIpc) is 2.76. The summed E-state index contributed by atoms with van der Waals surface area (Å²) in [6, 6.07) is 0. The number of hydrogen-bond acceptors (Lipinski definition) is 0. The Morgan fingerprint density at radius 3 is 2.85 bits per heavy atom. The fourth-order valence-corrected chi connectivity index (χ4v) is 5.13. The van der Waals surface area contributed by atoms with Gasteiger partial charge >= 0.3 is 0 Å². The number of rotatable bonds is 1. The van der Waals surface area contributed by atoms with Gasteiger partial charge in [0.15, 0.2) is 0 Å². The molecule has 3 aliphatic rings. The summed E-state index contributed by atoms with van der Waals surface area (Å²) < 4.78 is 0. The summed E-state index contributed by atoms with van der Waals surface area (Å²) >= 11 is 0. The van der Waals surface area contributed by atoms with E-state index in [9.17, 15) is 0 Å². The van der Waals surface area contributed by atoms with Crippen molar-refractivity contribution in [2.45, 2.75) is 52.4 Å². The lowest BCUT2D eigenvalue weighted by Gasteiger charge is -2.34. The minimum absolute atomic E-state index is 0.853. The lowest BCUT2D eigenvalue weighted by atomic mass is 9.71. The van der Waals surface area contributed by atoms with Gasteiger partial charge < -0.3 is 0 Å². The Morgan fingerprint density at radius 1 is 1.31 bits per heavy atom. The van der Waals surface area contributed by atoms with E-state index in [1.807, 2.05) is 0 Å². The van der Waals surface area contributed by atoms with Gasteiger partial charge in [-0.3, -0.25) is 0 Å². The summed E-state index contributed by atoms with van der Waals surface area (Å²) in [4.78, 5) is 0. The van der Waals surface area contributed by atoms with Crippen LogP contribution in [0.3, 0.4) is 0 Å². The van der Waals surface area contributed by atoms with Crippen LogP contribution in [0.2, 0.25) is 0 Å². The highest BCUT2D eigenvalue weighted by molar-refractivity contribution is 5.09. The fraction of sp³-hybridized carbons (Fsp3) is 1.00. The summed E-state index contributed by atoms with van der Waals surface area (Å²) in [5.74, 6) is 4.43. The first-order valence-corrected chi connectivity index (χ1v) is 6.26. The molecule has 74 valence electrons. The largest absolute Gasteiger partial charge is 0.0651 e. The Morgan fingerprint density at radius 2 is 2.15 bits per heavy atom. The van der Waals surface area contributed by atoms with E-state index in [1.165, 1.54) is 6.42 Å². The van der Waals surface area contributed by atoms with E-state index in [2.05, 4.69) is 13.8 Å². The maximum Gasteiger partial charge on any atom is -0.0238 e. The monoisotopic (exact) mass is 178 g/mol. The van der Waals surface area contributed by atoms with Crippen molar-refractivity contribution in [1.82, 2.24) is 0 Å². The molecule has 0 amide bonds. The van der Waals surface area contributed by atoms with E-state index >= 15 is 0 Å². The van der Waals surface area contributed by atoms with Crippen molar-refractivity contribution in [3.63, 3.8) is 0 Å². The third-order valence-electron chi connectivity index (χ3n) is 5.74. The van der Waals surface area contributed by atoms with E-state index in [4.69, 9.17) is 0 Å². The third-order valence-corrected chi connectivity index (χ3v) is 5.74. The molecule has 3 fully saturated rings. The van der Waals surface area contributed by atoms with Gasteiger partial charge in [0.25, 0.3) is 0 Å². The van der Waals surface area contributed by atoms with Crippen molar-refractivity contribution in [2.24, 2.45) is 29.1 Å². The van der Waals surface area contributed by atoms with E-state index in [0.717, 1.165) is 29.1 Å². The summed E-state index contributed by atoms with van der Waals surface area (Å²) in [6.07, 6.45) is 9.35. The molecule has 3 saturated carbocycles. The molecule has 0 nitrogen and oxygen atoms in total. The minimum Gasteiger partial charge on any atom is -0.0651 e. The molecule has 0 radical (unpaired) electrons. The molecule has 0 N–H and O–H groups in total. The van der Waals surface area contributed by atoms with Crippen LogP contribution in [0.4, 0.5) is 0 Å². The molecule has 5 unspecified atom stereocenters. The first-order chi connectivity index (χ1) is 6.26. The molecule has 5 atom stereocenters. The highest BCUT2D eigenvalue weighted by Gasteiger charge is 2.60. The van der Waals surface area contributed by atoms with E-state index in [1.54, 1.807) is 32.1 Å². The highest BCUT2D eigenvalue weighted by Crippen LogP contribution is 2.69. The van der Waals surface area contributed by atoms with Gasteiger partial charge in [-0.2, -0.15) is 0 Å². The summed E-state index contributed by atoms with van der Waals surface area (Å²) in [5, 5.41) is 0. The Kier molecular flexibility index (Phi) is 1.61. The molecule has 13 heavy (non-hydrogen) atoms. The van der Waals surface area contributed by atoms with Gasteiger partial charge in [-0.25, -0.2) is 0 Å². The number of hydrogen-bond donors (Lipinski definition) is 0. The van der Waals surface area contributed by atoms with Gasteiger partial charge in [0.05, 0.1) is 0 Å². The predicted molar refractivity (Wildman–Crippen MR) is 55.4 cm³/mol.